The van der Waals surface area contributed by atoms with E-state index in [1.807, 2.05) is 25.2 Å². The molecule has 0 saturated heterocycles. The third-order valence-electron chi connectivity index (χ3n) is 7.68. The van der Waals surface area contributed by atoms with Crippen LogP contribution in [0.2, 0.25) is 5.02 Å². The molecule has 0 radical (unpaired) electrons. The van der Waals surface area contributed by atoms with Gasteiger partial charge in [0.2, 0.25) is 0 Å². The maximum Gasteiger partial charge on any atom is 0.170 e. The zero-order valence-electron chi connectivity index (χ0n) is 21.0. The SMILES string of the molecule is CN(CCO)CC1CCC(Nc2c(C(=O)C3CC3)cnc3ccc(-c4cc(F)c(O)c(Cl)c4)cc23)CC1. The molecule has 0 spiro atoms. The Morgan fingerprint density at radius 2 is 1.89 bits per heavy atom. The second-order valence-electron chi connectivity index (χ2n) is 10.6. The molecule has 1 aromatic heterocycles. The first kappa shape index (κ1) is 25.9. The monoisotopic (exact) mass is 525 g/mol. The first-order valence-corrected chi connectivity index (χ1v) is 13.4. The quantitative estimate of drug-likeness (QED) is 0.302. The van der Waals surface area contributed by atoms with E-state index in [2.05, 4.69) is 15.2 Å². The maximum absolute atomic E-state index is 14.2. The standard InChI is InChI=1S/C29H33ClFN3O3/c1-34(10-11-35)16-17-2-7-21(8-3-17)33-27-22-12-19(20-13-24(30)29(37)25(31)14-20)6-9-26(22)32-15-23(27)28(36)18-4-5-18/h6,9,12-15,17-18,21,35,37H,2-5,7-8,10-11,16H2,1H3,(H,32,33). The molecule has 2 saturated carbocycles. The van der Waals surface area contributed by atoms with Gasteiger partial charge in [-0.05, 0) is 86.9 Å². The van der Waals surface area contributed by atoms with E-state index in [4.69, 9.17) is 11.6 Å². The molecule has 0 amide bonds. The van der Waals surface area contributed by atoms with Crippen molar-refractivity contribution in [3.63, 3.8) is 0 Å². The van der Waals surface area contributed by atoms with Crippen molar-refractivity contribution < 1.29 is 19.4 Å². The Morgan fingerprint density at radius 1 is 1.14 bits per heavy atom. The van der Waals surface area contributed by atoms with E-state index in [-0.39, 0.29) is 29.4 Å². The van der Waals surface area contributed by atoms with Crippen LogP contribution in [0.1, 0.15) is 48.9 Å². The summed E-state index contributed by atoms with van der Waals surface area (Å²) in [7, 11) is 2.05. The first-order valence-electron chi connectivity index (χ1n) is 13.0. The lowest BCUT2D eigenvalue weighted by molar-refractivity contribution is 0.0968. The molecule has 196 valence electrons. The highest BCUT2D eigenvalue weighted by atomic mass is 35.5. The van der Waals surface area contributed by atoms with E-state index in [1.165, 1.54) is 12.1 Å². The predicted molar refractivity (Wildman–Crippen MR) is 145 cm³/mol. The Labute approximate surface area is 221 Å². The van der Waals surface area contributed by atoms with Crippen LogP contribution in [0.5, 0.6) is 5.75 Å². The molecule has 2 aliphatic rings. The Morgan fingerprint density at radius 3 is 2.57 bits per heavy atom. The number of aromatic hydroxyl groups is 1. The molecule has 3 N–H and O–H groups in total. The van der Waals surface area contributed by atoms with Gasteiger partial charge in [-0.1, -0.05) is 17.7 Å². The van der Waals surface area contributed by atoms with Crippen LogP contribution in [-0.4, -0.2) is 58.7 Å². The van der Waals surface area contributed by atoms with E-state index < -0.39 is 11.6 Å². The second-order valence-corrected chi connectivity index (χ2v) is 11.0. The van der Waals surface area contributed by atoms with Gasteiger partial charge in [-0.2, -0.15) is 0 Å². The number of benzene rings is 2. The number of aliphatic hydroxyl groups is 1. The number of Topliss-reactive ketones (excluding diaryl/α,β-unsaturated/α-hetero) is 1. The number of pyridine rings is 1. The van der Waals surface area contributed by atoms with Crippen LogP contribution < -0.4 is 5.32 Å². The molecule has 0 atom stereocenters. The molecule has 2 aliphatic carbocycles. The predicted octanol–water partition coefficient (Wildman–Crippen LogP) is 5.89. The summed E-state index contributed by atoms with van der Waals surface area (Å²) in [6.45, 7) is 1.84. The van der Waals surface area contributed by atoms with E-state index in [9.17, 15) is 19.4 Å². The Balaban J connectivity index is 1.46. The highest BCUT2D eigenvalue weighted by Gasteiger charge is 2.33. The third kappa shape index (κ3) is 5.74. The molecule has 3 aromatic rings. The lowest BCUT2D eigenvalue weighted by atomic mass is 9.85. The van der Waals surface area contributed by atoms with Gasteiger partial charge in [0.25, 0.3) is 0 Å². The van der Waals surface area contributed by atoms with E-state index >= 15 is 0 Å². The van der Waals surface area contributed by atoms with Crippen molar-refractivity contribution >= 4 is 34.0 Å². The van der Waals surface area contributed by atoms with Crippen molar-refractivity contribution in [2.24, 2.45) is 11.8 Å². The average molecular weight is 526 g/mol. The van der Waals surface area contributed by atoms with Crippen molar-refractivity contribution in [3.05, 3.63) is 52.9 Å². The number of hydrogen-bond donors (Lipinski definition) is 3. The van der Waals surface area contributed by atoms with Crippen LogP contribution in [0.3, 0.4) is 0 Å². The number of nitrogens with zero attached hydrogens (tertiary/aromatic N) is 2. The van der Waals surface area contributed by atoms with Crippen LogP contribution in [0, 0.1) is 17.7 Å². The van der Waals surface area contributed by atoms with Crippen LogP contribution in [-0.2, 0) is 0 Å². The lowest BCUT2D eigenvalue weighted by Crippen LogP contribution is -2.33. The number of carbonyl (C=O) groups is 1. The lowest BCUT2D eigenvalue weighted by Gasteiger charge is -2.32. The van der Waals surface area contributed by atoms with Gasteiger partial charge in [0.1, 0.15) is 0 Å². The zero-order chi connectivity index (χ0) is 26.1. The minimum atomic E-state index is -0.780. The fraction of sp³-hybridized carbons (Fsp3) is 0.448. The van der Waals surface area contributed by atoms with E-state index in [1.54, 1.807) is 6.20 Å². The molecule has 6 nitrogen and oxygen atoms in total. The van der Waals surface area contributed by atoms with Crippen molar-refractivity contribution in [1.82, 2.24) is 9.88 Å². The summed E-state index contributed by atoms with van der Waals surface area (Å²) in [5, 5.41) is 23.4. The van der Waals surface area contributed by atoms with E-state index in [0.29, 0.717) is 23.6 Å². The summed E-state index contributed by atoms with van der Waals surface area (Å²) in [6.07, 6.45) is 7.67. The number of anilines is 1. The molecular formula is C29H33ClFN3O3. The van der Waals surface area contributed by atoms with Crippen LogP contribution >= 0.6 is 11.6 Å². The van der Waals surface area contributed by atoms with Crippen molar-refractivity contribution in [2.45, 2.75) is 44.6 Å². The molecule has 8 heteroatoms. The fourth-order valence-corrected chi connectivity index (χ4v) is 5.62. The number of aliphatic hydroxyl groups excluding tert-OH is 1. The fourth-order valence-electron chi connectivity index (χ4n) is 5.41. The largest absolute Gasteiger partial charge is 0.504 e. The highest BCUT2D eigenvalue weighted by Crippen LogP contribution is 2.40. The normalized spacial score (nSPS) is 19.9. The topological polar surface area (TPSA) is 85.7 Å². The number of hydrogen-bond acceptors (Lipinski definition) is 6. The molecular weight excluding hydrogens is 493 g/mol. The summed E-state index contributed by atoms with van der Waals surface area (Å²) < 4.78 is 14.2. The number of fused-ring (bicyclic) bond motifs is 1. The third-order valence-corrected chi connectivity index (χ3v) is 7.97. The Kier molecular flexibility index (Phi) is 7.65. The summed E-state index contributed by atoms with van der Waals surface area (Å²) in [5.41, 5.74) is 3.44. The first-order chi connectivity index (χ1) is 17.8. The number of aromatic nitrogens is 1. The van der Waals surface area contributed by atoms with Gasteiger partial charge in [-0.15, -0.1) is 0 Å². The van der Waals surface area contributed by atoms with Gasteiger partial charge in [0.05, 0.1) is 28.4 Å². The van der Waals surface area contributed by atoms with Crippen LogP contribution in [0.25, 0.3) is 22.0 Å². The molecule has 0 bridgehead atoms. The highest BCUT2D eigenvalue weighted by molar-refractivity contribution is 6.32. The van der Waals surface area contributed by atoms with Crippen molar-refractivity contribution in [1.29, 1.82) is 0 Å². The molecule has 0 aliphatic heterocycles. The Hall–Kier alpha value is -2.74. The number of likely N-dealkylation sites (N-methyl/N-ethyl adjacent to an activating group) is 1. The second kappa shape index (κ2) is 10.9. The average Bonchev–Trinajstić information content (AvgIpc) is 3.73. The van der Waals surface area contributed by atoms with Gasteiger partial charge >= 0.3 is 0 Å². The summed E-state index contributed by atoms with van der Waals surface area (Å²) in [5.74, 6) is -0.563. The number of ketones is 1. The number of phenolic OH excluding ortho intramolecular Hbond substituents is 1. The van der Waals surface area contributed by atoms with Crippen LogP contribution in [0.4, 0.5) is 10.1 Å². The summed E-state index contributed by atoms with van der Waals surface area (Å²) in [4.78, 5) is 20.0. The van der Waals surface area contributed by atoms with Gasteiger partial charge in [0, 0.05) is 36.6 Å². The molecule has 1 heterocycles. The van der Waals surface area contributed by atoms with Gasteiger partial charge in [0.15, 0.2) is 17.3 Å². The number of rotatable bonds is 9. The molecule has 37 heavy (non-hydrogen) atoms. The summed E-state index contributed by atoms with van der Waals surface area (Å²) in [6, 6.07) is 8.67. The minimum absolute atomic E-state index is 0.0503. The molecule has 2 fully saturated rings. The van der Waals surface area contributed by atoms with Gasteiger partial charge in [-0.3, -0.25) is 9.78 Å². The molecule has 2 aromatic carbocycles. The smallest absolute Gasteiger partial charge is 0.170 e. The van der Waals surface area contributed by atoms with Gasteiger partial charge in [-0.25, -0.2) is 4.39 Å². The molecule has 0 unspecified atom stereocenters. The summed E-state index contributed by atoms with van der Waals surface area (Å²) >= 11 is 6.04. The Bertz CT molecular complexity index is 1280. The minimum Gasteiger partial charge on any atom is -0.504 e. The van der Waals surface area contributed by atoms with Gasteiger partial charge < -0.3 is 20.4 Å². The molecule has 5 rings (SSSR count). The van der Waals surface area contributed by atoms with E-state index in [0.717, 1.165) is 67.2 Å². The maximum atomic E-state index is 14.2. The number of carbonyl (C=O) groups excluding carboxylic acids is 1. The number of nitrogens with one attached hydrogen (secondary N) is 1. The number of halogens is 2. The zero-order valence-corrected chi connectivity index (χ0v) is 21.8. The van der Waals surface area contributed by atoms with Crippen LogP contribution in [0.15, 0.2) is 36.5 Å². The van der Waals surface area contributed by atoms with Crippen molar-refractivity contribution in [2.75, 3.05) is 32.1 Å². The van der Waals surface area contributed by atoms with Crippen molar-refractivity contribution in [3.8, 4) is 16.9 Å². The number of phenols is 1.